The summed E-state index contributed by atoms with van der Waals surface area (Å²) in [7, 11) is 0. The van der Waals surface area contributed by atoms with Gasteiger partial charge in [-0.15, -0.1) is 0 Å². The molecule has 8 heteroatoms. The van der Waals surface area contributed by atoms with Gasteiger partial charge in [0.2, 0.25) is 0 Å². The molecule has 0 aliphatic carbocycles. The van der Waals surface area contributed by atoms with Crippen LogP contribution in [0.3, 0.4) is 0 Å². The number of carboxylic acid groups (broad SMARTS) is 1. The quantitative estimate of drug-likeness (QED) is 0.796. The number of furan rings is 1. The van der Waals surface area contributed by atoms with Crippen LogP contribution in [0.25, 0.3) is 0 Å². The minimum absolute atomic E-state index is 0.0937. The summed E-state index contributed by atoms with van der Waals surface area (Å²) in [5.41, 5.74) is 0.162. The Balaban J connectivity index is 2.05. The summed E-state index contributed by atoms with van der Waals surface area (Å²) in [6.07, 6.45) is 1.26. The van der Waals surface area contributed by atoms with E-state index >= 15 is 0 Å². The van der Waals surface area contributed by atoms with Gasteiger partial charge < -0.3 is 14.8 Å². The Morgan fingerprint density at radius 1 is 1.14 bits per heavy atom. The Hall–Kier alpha value is -3.16. The van der Waals surface area contributed by atoms with Crippen molar-refractivity contribution in [3.63, 3.8) is 0 Å². The van der Waals surface area contributed by atoms with Crippen molar-refractivity contribution in [2.75, 3.05) is 0 Å². The summed E-state index contributed by atoms with van der Waals surface area (Å²) >= 11 is 0. The van der Waals surface area contributed by atoms with Crippen molar-refractivity contribution in [3.05, 3.63) is 59.8 Å². The third kappa shape index (κ3) is 3.69. The van der Waals surface area contributed by atoms with Crippen LogP contribution in [-0.2, 0) is 4.79 Å². The van der Waals surface area contributed by atoms with E-state index in [-0.39, 0.29) is 11.3 Å². The average molecular weight is 306 g/mol. The van der Waals surface area contributed by atoms with Gasteiger partial charge in [0.15, 0.2) is 11.8 Å². The summed E-state index contributed by atoms with van der Waals surface area (Å²) in [5.74, 6) is -2.80. The third-order valence-corrected chi connectivity index (χ3v) is 2.70. The number of hydrogen-bond donors (Lipinski definition) is 3. The molecule has 114 valence electrons. The van der Waals surface area contributed by atoms with Gasteiger partial charge in [-0.1, -0.05) is 12.1 Å². The van der Waals surface area contributed by atoms with Crippen LogP contribution in [0.5, 0.6) is 0 Å². The summed E-state index contributed by atoms with van der Waals surface area (Å²) in [6, 6.07) is 4.95. The minimum atomic E-state index is -1.43. The average Bonchev–Trinajstić information content (AvgIpc) is 3.00. The van der Waals surface area contributed by atoms with Crippen LogP contribution < -0.4 is 10.6 Å². The molecule has 0 aliphatic rings. The molecular formula is C14H11FN2O5. The fourth-order valence-electron chi connectivity index (χ4n) is 1.68. The molecule has 0 saturated carbocycles. The zero-order valence-electron chi connectivity index (χ0n) is 11.1. The number of hydrogen-bond acceptors (Lipinski definition) is 4. The van der Waals surface area contributed by atoms with Crippen LogP contribution in [0, 0.1) is 5.82 Å². The van der Waals surface area contributed by atoms with Gasteiger partial charge in [-0.2, -0.15) is 0 Å². The van der Waals surface area contributed by atoms with Crippen LogP contribution in [0.4, 0.5) is 9.18 Å². The molecule has 7 nitrogen and oxygen atoms in total. The number of amides is 3. The maximum atomic E-state index is 12.8. The first-order valence-electron chi connectivity index (χ1n) is 6.11. The highest BCUT2D eigenvalue weighted by molar-refractivity contribution is 6.03. The van der Waals surface area contributed by atoms with Crippen molar-refractivity contribution < 1.29 is 28.3 Å². The molecular weight excluding hydrogens is 295 g/mol. The highest BCUT2D eigenvalue weighted by atomic mass is 19.1. The second-order valence-corrected chi connectivity index (χ2v) is 4.23. The molecule has 1 heterocycles. The normalized spacial score (nSPS) is 11.5. The van der Waals surface area contributed by atoms with Crippen molar-refractivity contribution >= 4 is 17.9 Å². The molecule has 0 aliphatic heterocycles. The van der Waals surface area contributed by atoms with Crippen LogP contribution in [-0.4, -0.2) is 23.0 Å². The molecule has 3 N–H and O–H groups in total. The highest BCUT2D eigenvalue weighted by Crippen LogP contribution is 2.14. The van der Waals surface area contributed by atoms with Crippen LogP contribution in [0.2, 0.25) is 0 Å². The number of halogens is 1. The lowest BCUT2D eigenvalue weighted by atomic mass is 10.1. The summed E-state index contributed by atoms with van der Waals surface area (Å²) in [4.78, 5) is 34.5. The first-order valence-corrected chi connectivity index (χ1v) is 6.11. The maximum Gasteiger partial charge on any atom is 0.330 e. The molecule has 1 aromatic carbocycles. The number of urea groups is 1. The van der Waals surface area contributed by atoms with Crippen molar-refractivity contribution in [1.29, 1.82) is 0 Å². The van der Waals surface area contributed by atoms with E-state index in [1.165, 1.54) is 30.5 Å². The Kier molecular flexibility index (Phi) is 4.52. The highest BCUT2D eigenvalue weighted by Gasteiger charge is 2.23. The lowest BCUT2D eigenvalue weighted by molar-refractivity contribution is -0.139. The van der Waals surface area contributed by atoms with E-state index < -0.39 is 29.8 Å². The molecule has 0 radical (unpaired) electrons. The molecule has 1 atom stereocenters. The van der Waals surface area contributed by atoms with Crippen molar-refractivity contribution in [1.82, 2.24) is 10.6 Å². The molecule has 1 aromatic heterocycles. The monoisotopic (exact) mass is 306 g/mol. The van der Waals surface area contributed by atoms with Crippen LogP contribution in [0.15, 0.2) is 47.1 Å². The topological polar surface area (TPSA) is 109 Å². The molecule has 0 unspecified atom stereocenters. The summed E-state index contributed by atoms with van der Waals surface area (Å²) in [6.45, 7) is 0. The van der Waals surface area contributed by atoms with Gasteiger partial charge in [-0.05, 0) is 29.8 Å². The molecule has 0 spiro atoms. The lowest BCUT2D eigenvalue weighted by Crippen LogP contribution is -2.43. The summed E-state index contributed by atoms with van der Waals surface area (Å²) < 4.78 is 17.6. The van der Waals surface area contributed by atoms with Gasteiger partial charge in [-0.25, -0.2) is 14.0 Å². The Bertz CT molecular complexity index is 682. The summed E-state index contributed by atoms with van der Waals surface area (Å²) in [5, 5.41) is 13.2. The van der Waals surface area contributed by atoms with Crippen LogP contribution in [0.1, 0.15) is 22.2 Å². The SMILES string of the molecule is O=C(NC(=O)c1ccco1)N[C@H](C(=O)O)c1ccc(F)cc1. The van der Waals surface area contributed by atoms with Crippen molar-refractivity contribution in [2.45, 2.75) is 6.04 Å². The molecule has 3 amide bonds. The van der Waals surface area contributed by atoms with Gasteiger partial charge in [-0.3, -0.25) is 10.1 Å². The number of carbonyl (C=O) groups excluding carboxylic acids is 2. The number of rotatable bonds is 4. The van der Waals surface area contributed by atoms with E-state index in [1.54, 1.807) is 0 Å². The number of carbonyl (C=O) groups is 3. The smallest absolute Gasteiger partial charge is 0.330 e. The fourth-order valence-corrected chi connectivity index (χ4v) is 1.68. The number of nitrogens with one attached hydrogen (secondary N) is 2. The molecule has 0 bridgehead atoms. The molecule has 0 fully saturated rings. The molecule has 22 heavy (non-hydrogen) atoms. The van der Waals surface area contributed by atoms with Gasteiger partial charge >= 0.3 is 12.0 Å². The van der Waals surface area contributed by atoms with Gasteiger partial charge in [0.05, 0.1) is 6.26 Å². The first kappa shape index (κ1) is 15.2. The van der Waals surface area contributed by atoms with Crippen molar-refractivity contribution in [3.8, 4) is 0 Å². The van der Waals surface area contributed by atoms with E-state index in [0.717, 1.165) is 12.1 Å². The van der Waals surface area contributed by atoms with Crippen molar-refractivity contribution in [2.24, 2.45) is 0 Å². The maximum absolute atomic E-state index is 12.8. The number of carboxylic acids is 1. The van der Waals surface area contributed by atoms with Gasteiger partial charge in [0.1, 0.15) is 5.82 Å². The fraction of sp³-hybridized carbons (Fsp3) is 0.0714. The van der Waals surface area contributed by atoms with Gasteiger partial charge in [0, 0.05) is 0 Å². The lowest BCUT2D eigenvalue weighted by Gasteiger charge is -2.14. The number of benzene rings is 1. The number of aliphatic carboxylic acids is 1. The third-order valence-electron chi connectivity index (χ3n) is 2.70. The van der Waals surface area contributed by atoms with Crippen LogP contribution >= 0.6 is 0 Å². The Morgan fingerprint density at radius 2 is 1.82 bits per heavy atom. The zero-order valence-corrected chi connectivity index (χ0v) is 11.1. The second-order valence-electron chi connectivity index (χ2n) is 4.23. The van der Waals surface area contributed by atoms with Gasteiger partial charge in [0.25, 0.3) is 5.91 Å². The van der Waals surface area contributed by atoms with E-state index in [1.807, 2.05) is 5.32 Å². The Labute approximate surface area is 123 Å². The zero-order chi connectivity index (χ0) is 16.1. The number of imide groups is 1. The van der Waals surface area contributed by atoms with E-state index in [2.05, 4.69) is 5.32 Å². The standard InChI is InChI=1S/C14H11FN2O5/c15-9-5-3-8(4-6-9)11(13(19)20)16-14(21)17-12(18)10-2-1-7-22-10/h1-7,11H,(H,19,20)(H2,16,17,18,21)/t11-/m0/s1. The van der Waals surface area contributed by atoms with E-state index in [9.17, 15) is 18.8 Å². The minimum Gasteiger partial charge on any atom is -0.479 e. The molecule has 0 saturated heterocycles. The van der Waals surface area contributed by atoms with E-state index in [4.69, 9.17) is 9.52 Å². The Morgan fingerprint density at radius 3 is 2.36 bits per heavy atom. The van der Waals surface area contributed by atoms with E-state index in [0.29, 0.717) is 0 Å². The molecule has 2 aromatic rings. The predicted molar refractivity (Wildman–Crippen MR) is 71.5 cm³/mol. The second kappa shape index (κ2) is 6.53. The first-order chi connectivity index (χ1) is 10.5. The largest absolute Gasteiger partial charge is 0.479 e. The predicted octanol–water partition coefficient (Wildman–Crippen LogP) is 1.68. The molecule has 2 rings (SSSR count).